The molecule has 0 spiro atoms. The zero-order valence-corrected chi connectivity index (χ0v) is 33.9. The van der Waals surface area contributed by atoms with Gasteiger partial charge in [-0.25, -0.2) is 24.5 Å². The van der Waals surface area contributed by atoms with Crippen LogP contribution in [0.1, 0.15) is 115 Å². The maximum absolute atomic E-state index is 12.3. The molecule has 3 aliphatic heterocycles. The number of rotatable bonds is 3. The fourth-order valence-electron chi connectivity index (χ4n) is 6.59. The summed E-state index contributed by atoms with van der Waals surface area (Å²) in [5, 5.41) is 10.3. The van der Waals surface area contributed by atoms with Crippen LogP contribution in [0.2, 0.25) is 0 Å². The number of carbonyl (C=O) groups excluding carboxylic acids is 2. The van der Waals surface area contributed by atoms with Gasteiger partial charge >= 0.3 is 12.2 Å². The van der Waals surface area contributed by atoms with Crippen LogP contribution < -0.4 is 11.1 Å². The Morgan fingerprint density at radius 2 is 1.31 bits per heavy atom. The molecule has 3 N–H and O–H groups in total. The zero-order chi connectivity index (χ0) is 36.3. The van der Waals surface area contributed by atoms with E-state index in [1.54, 1.807) is 33.8 Å². The Balaban J connectivity index is 0.000000152. The normalized spacial score (nSPS) is 20.3. The van der Waals surface area contributed by atoms with Crippen LogP contribution in [0.3, 0.4) is 0 Å². The van der Waals surface area contributed by atoms with Crippen LogP contribution in [0.15, 0.2) is 40.9 Å². The average molecular weight is 792 g/mol. The summed E-state index contributed by atoms with van der Waals surface area (Å²) in [6, 6.07) is 0.643. The van der Waals surface area contributed by atoms with E-state index in [0.717, 1.165) is 66.6 Å². The van der Waals surface area contributed by atoms with Crippen molar-refractivity contribution in [3.05, 3.63) is 58.0 Å². The second-order valence-corrected chi connectivity index (χ2v) is 17.5. The summed E-state index contributed by atoms with van der Waals surface area (Å²) in [6.07, 6.45) is 13.6. The summed E-state index contributed by atoms with van der Waals surface area (Å²) >= 11 is 4.73. The Hall–Kier alpha value is -3.44. The summed E-state index contributed by atoms with van der Waals surface area (Å²) in [5.41, 5.74) is 8.10. The minimum atomic E-state index is -0.467. The van der Waals surface area contributed by atoms with Crippen molar-refractivity contribution in [1.82, 2.24) is 38.9 Å². The van der Waals surface area contributed by atoms with Crippen LogP contribution >= 0.6 is 46.4 Å². The Morgan fingerprint density at radius 1 is 0.769 bits per heavy atom. The van der Waals surface area contributed by atoms with Crippen LogP contribution in [0.4, 0.5) is 14.7 Å². The lowest BCUT2D eigenvalue weighted by molar-refractivity contribution is 0.0211. The maximum Gasteiger partial charge on any atom is 0.410 e. The molecule has 5 aromatic heterocycles. The maximum atomic E-state index is 12.3. The van der Waals surface area contributed by atoms with Gasteiger partial charge in [-0.05, 0) is 86.6 Å². The lowest BCUT2D eigenvalue weighted by Crippen LogP contribution is -2.36. The second kappa shape index (κ2) is 16.7. The number of nitrogens with one attached hydrogen (secondary N) is 1. The van der Waals surface area contributed by atoms with E-state index in [-0.39, 0.29) is 36.7 Å². The van der Waals surface area contributed by atoms with Crippen molar-refractivity contribution in [3.8, 4) is 0 Å². The first-order valence-corrected chi connectivity index (χ1v) is 20.2. The molecule has 8 rings (SSSR count). The van der Waals surface area contributed by atoms with Gasteiger partial charge in [-0.15, -0.1) is 46.4 Å². The predicted octanol–water partition coefficient (Wildman–Crippen LogP) is 8.51. The van der Waals surface area contributed by atoms with Crippen LogP contribution in [-0.4, -0.2) is 76.6 Å². The number of ether oxygens (including phenoxy) is 2. The number of thiazole rings is 3. The van der Waals surface area contributed by atoms with Gasteiger partial charge in [0.1, 0.15) is 11.2 Å². The fourth-order valence-corrected chi connectivity index (χ4v) is 9.01. The zero-order valence-electron chi connectivity index (χ0n) is 30.6. The molecule has 5 aromatic rings. The van der Waals surface area contributed by atoms with Gasteiger partial charge in [-0.3, -0.25) is 18.6 Å². The van der Waals surface area contributed by atoms with Crippen LogP contribution in [-0.2, 0) is 9.47 Å². The number of halogens is 1. The van der Waals surface area contributed by atoms with Gasteiger partial charge in [0.05, 0.1) is 29.2 Å². The highest BCUT2D eigenvalue weighted by Gasteiger charge is 2.36. The first-order valence-electron chi connectivity index (χ1n) is 17.5. The third-order valence-corrected chi connectivity index (χ3v) is 11.2. The summed E-state index contributed by atoms with van der Waals surface area (Å²) in [4.78, 5) is 42.9. The summed E-state index contributed by atoms with van der Waals surface area (Å²) in [6.45, 7) is 13.9. The van der Waals surface area contributed by atoms with Crippen molar-refractivity contribution >= 4 is 73.7 Å². The third-order valence-electron chi connectivity index (χ3n) is 8.74. The molecule has 3 saturated heterocycles. The number of nitrogens with zero attached hydrogens (tertiary/aromatic N) is 7. The summed E-state index contributed by atoms with van der Waals surface area (Å²) in [7, 11) is 0. The first kappa shape index (κ1) is 39.8. The Morgan fingerprint density at radius 3 is 1.83 bits per heavy atom. The minimum Gasteiger partial charge on any atom is -0.444 e. The number of nitrogen functional groups attached to an aromatic ring is 1. The first-order chi connectivity index (χ1) is 24.3. The molecular weight excluding hydrogens is 742 g/mol. The van der Waals surface area contributed by atoms with Crippen LogP contribution in [0.25, 0.3) is 9.92 Å². The van der Waals surface area contributed by atoms with E-state index in [4.69, 9.17) is 15.2 Å². The number of carbonyl (C=O) groups is 2. The molecule has 52 heavy (non-hydrogen) atoms. The number of fused-ring (bicyclic) bond motifs is 2. The quantitative estimate of drug-likeness (QED) is 0.184. The molecule has 0 aromatic carbocycles. The molecule has 3 aliphatic rings. The molecule has 2 amide bonds. The van der Waals surface area contributed by atoms with E-state index in [0.29, 0.717) is 11.2 Å². The van der Waals surface area contributed by atoms with E-state index in [1.165, 1.54) is 29.9 Å². The van der Waals surface area contributed by atoms with Gasteiger partial charge in [-0.2, -0.15) is 0 Å². The average Bonchev–Trinajstić information content (AvgIpc) is 3.88. The van der Waals surface area contributed by atoms with Gasteiger partial charge in [-0.1, -0.05) is 0 Å². The molecule has 13 nitrogen and oxygen atoms in total. The molecule has 8 heterocycles. The molecule has 0 saturated carbocycles. The lowest BCUT2D eigenvalue weighted by atomic mass is 10.1. The smallest absolute Gasteiger partial charge is 0.410 e. The molecule has 3 atom stereocenters. The van der Waals surface area contributed by atoms with Crippen LogP contribution in [0.5, 0.6) is 0 Å². The molecular formula is C35H50ClN9O4S3. The number of hydrogen-bond acceptors (Lipinski definition) is 12. The van der Waals surface area contributed by atoms with Gasteiger partial charge in [0, 0.05) is 60.1 Å². The molecule has 284 valence electrons. The number of nitrogens with two attached hydrogens (primary N) is 1. The van der Waals surface area contributed by atoms with Crippen molar-refractivity contribution in [2.75, 3.05) is 25.4 Å². The Bertz CT molecular complexity index is 1910. The third kappa shape index (κ3) is 9.56. The van der Waals surface area contributed by atoms with Crippen molar-refractivity contribution in [2.45, 2.75) is 109 Å². The van der Waals surface area contributed by atoms with Crippen molar-refractivity contribution in [3.63, 3.8) is 0 Å². The van der Waals surface area contributed by atoms with Gasteiger partial charge < -0.3 is 20.5 Å². The van der Waals surface area contributed by atoms with Gasteiger partial charge in [0.15, 0.2) is 15.1 Å². The van der Waals surface area contributed by atoms with Crippen molar-refractivity contribution in [1.29, 1.82) is 0 Å². The molecule has 0 unspecified atom stereocenters. The number of likely N-dealkylation sites (tertiary alicyclic amines) is 2. The largest absolute Gasteiger partial charge is 0.444 e. The topological polar surface area (TPSA) is 145 Å². The van der Waals surface area contributed by atoms with Crippen molar-refractivity contribution < 1.29 is 19.1 Å². The monoisotopic (exact) mass is 791 g/mol. The molecule has 0 aliphatic carbocycles. The number of anilines is 1. The minimum absolute atomic E-state index is 0. The number of amides is 2. The Labute approximate surface area is 322 Å². The predicted molar refractivity (Wildman–Crippen MR) is 210 cm³/mol. The van der Waals surface area contributed by atoms with E-state index in [1.807, 2.05) is 70.4 Å². The molecule has 0 bridgehead atoms. The summed E-state index contributed by atoms with van der Waals surface area (Å²) in [5.74, 6) is 0. The number of imidazole rings is 2. The van der Waals surface area contributed by atoms with Crippen LogP contribution in [0, 0.1) is 0 Å². The van der Waals surface area contributed by atoms with E-state index < -0.39 is 11.2 Å². The van der Waals surface area contributed by atoms with E-state index in [9.17, 15) is 9.59 Å². The van der Waals surface area contributed by atoms with Crippen molar-refractivity contribution in [2.24, 2.45) is 0 Å². The highest BCUT2D eigenvalue weighted by molar-refractivity contribution is 7.15. The SMILES string of the molecule is CC(C)(C)OC(=O)N1CCC[C@@H]1c1csc(N)n1.CC(C)(C)OC(=O)N1CCC[C@@H]1c1csc2nccn12.Cl.c1cn2c([C@H]3CCCN3)csc2n1. The molecule has 3 fully saturated rings. The molecule has 0 radical (unpaired) electrons. The highest BCUT2D eigenvalue weighted by atomic mass is 35.5. The fraction of sp³-hybridized carbons (Fsp3) is 0.571. The molecule has 17 heteroatoms. The summed E-state index contributed by atoms with van der Waals surface area (Å²) < 4.78 is 15.2. The van der Waals surface area contributed by atoms with Gasteiger partial charge in [0.2, 0.25) is 0 Å². The van der Waals surface area contributed by atoms with E-state index >= 15 is 0 Å². The lowest BCUT2D eigenvalue weighted by Gasteiger charge is -2.28. The van der Waals surface area contributed by atoms with Gasteiger partial charge in [0.25, 0.3) is 0 Å². The number of hydrogen-bond donors (Lipinski definition) is 2. The standard InChI is InChI=1S/C14H19N3O2S.C12H19N3O2S.C9H11N3S.ClH/c1-14(2,3)19-13(18)17-7-4-5-10(17)11-9-20-12-15-6-8-16(11)12;1-12(2,3)17-11(16)15-6-4-5-9(15)8-7-18-10(13)14-8;1-2-7(10-3-1)8-6-13-9-11-4-5-12(8)9;/h6,8-10H,4-5,7H2,1-3H3;7,9H,4-6H2,1-3H3,(H2,13,14);4-7,10H,1-3H2;1H/t10-;9-;7-;/m111./s1. The Kier molecular flexibility index (Phi) is 12.8. The highest BCUT2D eigenvalue weighted by Crippen LogP contribution is 2.36. The van der Waals surface area contributed by atoms with E-state index in [2.05, 4.69) is 39.8 Å². The number of aromatic nitrogens is 5. The second-order valence-electron chi connectivity index (χ2n) is 14.9.